The summed E-state index contributed by atoms with van der Waals surface area (Å²) in [6.07, 6.45) is 6.12. The number of piperidine rings is 1. The first-order valence-electron chi connectivity index (χ1n) is 8.68. The number of rotatable bonds is 3. The van der Waals surface area contributed by atoms with Crippen LogP contribution in [0.5, 0.6) is 0 Å². The highest BCUT2D eigenvalue weighted by molar-refractivity contribution is 7.88. The van der Waals surface area contributed by atoms with Crippen molar-refractivity contribution in [3.8, 4) is 0 Å². The maximum atomic E-state index is 12.5. The number of amides is 2. The van der Waals surface area contributed by atoms with Crippen LogP contribution in [0.1, 0.15) is 46.0 Å². The smallest absolute Gasteiger partial charge is 0.317 e. The summed E-state index contributed by atoms with van der Waals surface area (Å²) in [4.78, 5) is 14.3. The summed E-state index contributed by atoms with van der Waals surface area (Å²) in [6.45, 7) is 5.72. The summed E-state index contributed by atoms with van der Waals surface area (Å²) in [7, 11) is -1.54. The van der Waals surface area contributed by atoms with Crippen molar-refractivity contribution >= 4 is 16.1 Å². The number of hydrogen-bond acceptors (Lipinski definition) is 3. The molecule has 1 aliphatic carbocycles. The summed E-state index contributed by atoms with van der Waals surface area (Å²) in [5.74, 6) is 1.17. The zero-order valence-electron chi connectivity index (χ0n) is 14.8. The van der Waals surface area contributed by atoms with Crippen molar-refractivity contribution in [2.24, 2.45) is 11.8 Å². The van der Waals surface area contributed by atoms with Gasteiger partial charge in [-0.3, -0.25) is 0 Å². The van der Waals surface area contributed by atoms with Crippen molar-refractivity contribution in [3.05, 3.63) is 0 Å². The Morgan fingerprint density at radius 1 is 1.13 bits per heavy atom. The topological polar surface area (TPSA) is 69.7 Å². The average Bonchev–Trinajstić information content (AvgIpc) is 2.50. The predicted molar refractivity (Wildman–Crippen MR) is 91.7 cm³/mol. The number of hydrogen-bond donors (Lipinski definition) is 1. The lowest BCUT2D eigenvalue weighted by Gasteiger charge is -2.39. The van der Waals surface area contributed by atoms with Crippen LogP contribution < -0.4 is 5.32 Å². The maximum Gasteiger partial charge on any atom is 0.317 e. The molecule has 2 fully saturated rings. The average molecular weight is 346 g/mol. The molecule has 134 valence electrons. The SMILES string of the molecule is C[C@@H]1[C@H](C)CCC[C@H]1NC(=O)N1CCC(N(C)S(C)(=O)=O)CC1. The molecular weight excluding hydrogens is 314 g/mol. The third kappa shape index (κ3) is 4.59. The molecule has 3 atom stereocenters. The molecule has 2 rings (SSSR count). The first-order valence-corrected chi connectivity index (χ1v) is 10.5. The Labute approximate surface area is 140 Å². The van der Waals surface area contributed by atoms with E-state index in [1.165, 1.54) is 23.4 Å². The van der Waals surface area contributed by atoms with Crippen LogP contribution in [0.4, 0.5) is 4.79 Å². The molecule has 0 aromatic heterocycles. The minimum absolute atomic E-state index is 0.00248. The van der Waals surface area contributed by atoms with Gasteiger partial charge in [-0.15, -0.1) is 0 Å². The summed E-state index contributed by atoms with van der Waals surface area (Å²) >= 11 is 0. The van der Waals surface area contributed by atoms with Crippen LogP contribution in [0.25, 0.3) is 0 Å². The molecule has 7 heteroatoms. The fourth-order valence-electron chi connectivity index (χ4n) is 3.74. The van der Waals surface area contributed by atoms with E-state index in [4.69, 9.17) is 0 Å². The number of carbonyl (C=O) groups is 1. The van der Waals surface area contributed by atoms with Crippen molar-refractivity contribution in [1.82, 2.24) is 14.5 Å². The number of nitrogens with one attached hydrogen (secondary N) is 1. The first-order chi connectivity index (χ1) is 10.7. The Morgan fingerprint density at radius 2 is 1.74 bits per heavy atom. The van der Waals surface area contributed by atoms with E-state index in [1.54, 1.807) is 7.05 Å². The van der Waals surface area contributed by atoms with Gasteiger partial charge in [-0.2, -0.15) is 0 Å². The third-order valence-corrected chi connectivity index (χ3v) is 7.15. The summed E-state index contributed by atoms with van der Waals surface area (Å²) in [5.41, 5.74) is 0. The van der Waals surface area contributed by atoms with Crippen LogP contribution in [-0.2, 0) is 10.0 Å². The Morgan fingerprint density at radius 3 is 2.30 bits per heavy atom. The van der Waals surface area contributed by atoms with Crippen LogP contribution in [0, 0.1) is 11.8 Å². The molecule has 1 N–H and O–H groups in total. The standard InChI is InChI=1S/C16H31N3O3S/c1-12-6-5-7-15(13(12)2)17-16(20)19-10-8-14(9-11-19)18(3)23(4,21)22/h12-15H,5-11H2,1-4H3,(H,17,20)/t12-,13-,15-/m1/s1. The van der Waals surface area contributed by atoms with Crippen molar-refractivity contribution in [2.75, 3.05) is 26.4 Å². The lowest BCUT2D eigenvalue weighted by molar-refractivity contribution is 0.146. The summed E-state index contributed by atoms with van der Waals surface area (Å²) < 4.78 is 24.7. The van der Waals surface area contributed by atoms with Crippen LogP contribution in [0.15, 0.2) is 0 Å². The zero-order valence-corrected chi connectivity index (χ0v) is 15.6. The predicted octanol–water partition coefficient (Wildman–Crippen LogP) is 1.88. The van der Waals surface area contributed by atoms with E-state index in [9.17, 15) is 13.2 Å². The minimum Gasteiger partial charge on any atom is -0.335 e. The third-order valence-electron chi connectivity index (χ3n) is 5.80. The number of urea groups is 1. The molecule has 0 bridgehead atoms. The van der Waals surface area contributed by atoms with E-state index in [0.717, 1.165) is 6.42 Å². The molecule has 2 aliphatic rings. The van der Waals surface area contributed by atoms with Gasteiger partial charge in [0, 0.05) is 32.2 Å². The quantitative estimate of drug-likeness (QED) is 0.849. The molecule has 23 heavy (non-hydrogen) atoms. The number of likely N-dealkylation sites (tertiary alicyclic amines) is 1. The molecule has 0 radical (unpaired) electrons. The molecule has 0 spiro atoms. The van der Waals surface area contributed by atoms with Gasteiger partial charge in [-0.25, -0.2) is 17.5 Å². The Balaban J connectivity index is 1.84. The van der Waals surface area contributed by atoms with Crippen LogP contribution in [0.2, 0.25) is 0 Å². The molecule has 0 aromatic rings. The van der Waals surface area contributed by atoms with Crippen LogP contribution in [0.3, 0.4) is 0 Å². The molecule has 1 heterocycles. The van der Waals surface area contributed by atoms with Gasteiger partial charge in [-0.05, 0) is 31.1 Å². The molecule has 1 aliphatic heterocycles. The lowest BCUT2D eigenvalue weighted by Crippen LogP contribution is -2.53. The first kappa shape index (κ1) is 18.5. The van der Waals surface area contributed by atoms with Gasteiger partial charge in [0.05, 0.1) is 6.26 Å². The Bertz CT molecular complexity index is 515. The molecule has 2 amide bonds. The Kier molecular flexibility index (Phi) is 5.94. The van der Waals surface area contributed by atoms with Gasteiger partial charge in [0.25, 0.3) is 0 Å². The second-order valence-corrected chi connectivity index (χ2v) is 9.36. The fourth-order valence-corrected chi connectivity index (χ4v) is 4.49. The van der Waals surface area contributed by atoms with E-state index in [2.05, 4.69) is 19.2 Å². The number of carbonyl (C=O) groups excluding carboxylic acids is 1. The molecule has 1 saturated heterocycles. The maximum absolute atomic E-state index is 12.5. The van der Waals surface area contributed by atoms with E-state index in [0.29, 0.717) is 37.8 Å². The minimum atomic E-state index is -3.16. The zero-order chi connectivity index (χ0) is 17.2. The van der Waals surface area contributed by atoms with Gasteiger partial charge >= 0.3 is 6.03 Å². The molecule has 0 unspecified atom stereocenters. The molecule has 6 nitrogen and oxygen atoms in total. The largest absolute Gasteiger partial charge is 0.335 e. The van der Waals surface area contributed by atoms with E-state index in [-0.39, 0.29) is 18.1 Å². The lowest BCUT2D eigenvalue weighted by atomic mass is 9.78. The Hall–Kier alpha value is -0.820. The van der Waals surface area contributed by atoms with E-state index >= 15 is 0 Å². The number of nitrogens with zero attached hydrogens (tertiary/aromatic N) is 2. The van der Waals surface area contributed by atoms with Crippen molar-refractivity contribution < 1.29 is 13.2 Å². The fraction of sp³-hybridized carbons (Fsp3) is 0.938. The highest BCUT2D eigenvalue weighted by Crippen LogP contribution is 2.29. The van der Waals surface area contributed by atoms with Crippen molar-refractivity contribution in [3.63, 3.8) is 0 Å². The van der Waals surface area contributed by atoms with Crippen molar-refractivity contribution in [2.45, 2.75) is 58.0 Å². The van der Waals surface area contributed by atoms with Crippen LogP contribution >= 0.6 is 0 Å². The van der Waals surface area contributed by atoms with E-state index < -0.39 is 10.0 Å². The second-order valence-electron chi connectivity index (χ2n) is 7.32. The van der Waals surface area contributed by atoms with Gasteiger partial charge in [0.15, 0.2) is 0 Å². The molecule has 1 saturated carbocycles. The second kappa shape index (κ2) is 7.38. The molecular formula is C16H31N3O3S. The van der Waals surface area contributed by atoms with Crippen molar-refractivity contribution in [1.29, 1.82) is 0 Å². The normalized spacial score (nSPS) is 30.5. The van der Waals surface area contributed by atoms with Gasteiger partial charge in [-0.1, -0.05) is 26.7 Å². The van der Waals surface area contributed by atoms with Gasteiger partial charge < -0.3 is 10.2 Å². The van der Waals surface area contributed by atoms with Gasteiger partial charge in [0.2, 0.25) is 10.0 Å². The van der Waals surface area contributed by atoms with Crippen LogP contribution in [-0.4, -0.2) is 62.1 Å². The number of sulfonamides is 1. The summed E-state index contributed by atoms with van der Waals surface area (Å²) in [6, 6.07) is 0.279. The van der Waals surface area contributed by atoms with Gasteiger partial charge in [0.1, 0.15) is 0 Å². The highest BCUT2D eigenvalue weighted by Gasteiger charge is 2.32. The summed E-state index contributed by atoms with van der Waals surface area (Å²) in [5, 5.41) is 3.20. The monoisotopic (exact) mass is 345 g/mol. The van der Waals surface area contributed by atoms with E-state index in [1.807, 2.05) is 4.90 Å². The molecule has 0 aromatic carbocycles. The highest BCUT2D eigenvalue weighted by atomic mass is 32.2.